The number of rotatable bonds is 8. The maximum Gasteiger partial charge on any atom is 0.266 e. The van der Waals surface area contributed by atoms with Crippen LogP contribution < -0.4 is 26.8 Å². The molecule has 2 aromatic rings. The summed E-state index contributed by atoms with van der Waals surface area (Å²) in [7, 11) is 0. The van der Waals surface area contributed by atoms with Crippen molar-refractivity contribution in [1.29, 1.82) is 0 Å². The summed E-state index contributed by atoms with van der Waals surface area (Å²) in [5, 5.41) is 5.18. The highest BCUT2D eigenvalue weighted by Gasteiger charge is 2.40. The highest BCUT2D eigenvalue weighted by atomic mass is 16.5. The topological polar surface area (TPSA) is 157 Å². The molecule has 1 atom stereocenters. The third kappa shape index (κ3) is 4.70. The van der Waals surface area contributed by atoms with E-state index in [0.717, 1.165) is 22.9 Å². The van der Waals surface area contributed by atoms with Gasteiger partial charge >= 0.3 is 0 Å². The Hall–Kier alpha value is -4.34. The van der Waals surface area contributed by atoms with E-state index in [1.165, 1.54) is 4.90 Å². The molecule has 4 amide bonds. The van der Waals surface area contributed by atoms with Crippen LogP contribution in [-0.2, 0) is 34.1 Å². The molecule has 176 valence electrons. The first kappa shape index (κ1) is 22.8. The van der Waals surface area contributed by atoms with Crippen molar-refractivity contribution in [2.75, 3.05) is 0 Å². The highest BCUT2D eigenvalue weighted by molar-refractivity contribution is 6.05. The lowest BCUT2D eigenvalue weighted by Gasteiger charge is -2.29. The summed E-state index contributed by atoms with van der Waals surface area (Å²) in [6, 6.07) is 12.2. The van der Waals surface area contributed by atoms with Gasteiger partial charge in [0.25, 0.3) is 11.8 Å². The number of imide groups is 1. The molecule has 1 unspecified atom stereocenters. The fourth-order valence-electron chi connectivity index (χ4n) is 4.03. The molecule has 0 spiro atoms. The summed E-state index contributed by atoms with van der Waals surface area (Å²) in [6.45, 7) is 0.918. The third-order valence-corrected chi connectivity index (χ3v) is 5.87. The minimum atomic E-state index is -0.671. The summed E-state index contributed by atoms with van der Waals surface area (Å²) >= 11 is 0. The number of carbonyl (C=O) groups is 4. The number of nitrogens with one attached hydrogen (secondary N) is 2. The van der Waals surface area contributed by atoms with Gasteiger partial charge in [-0.3, -0.25) is 24.5 Å². The van der Waals surface area contributed by atoms with Gasteiger partial charge in [0, 0.05) is 30.3 Å². The number of ether oxygens (including phenoxy) is 1. The fourth-order valence-corrected chi connectivity index (χ4v) is 4.03. The van der Waals surface area contributed by atoms with E-state index in [-0.39, 0.29) is 37.1 Å². The molecule has 4 rings (SSSR count). The second kappa shape index (κ2) is 9.65. The molecule has 10 heteroatoms. The lowest BCUT2D eigenvalue weighted by molar-refractivity contribution is -0.137. The Balaban J connectivity index is 1.39. The molecular formula is C24H25N5O5. The minimum absolute atomic E-state index is 0.145. The average molecular weight is 463 g/mol. The van der Waals surface area contributed by atoms with E-state index in [2.05, 4.69) is 10.6 Å². The Morgan fingerprint density at radius 1 is 1.15 bits per heavy atom. The Morgan fingerprint density at radius 2 is 1.88 bits per heavy atom. The second-order valence-corrected chi connectivity index (χ2v) is 8.09. The molecule has 0 aromatic heterocycles. The Bertz CT molecular complexity index is 1170. The lowest BCUT2D eigenvalue weighted by atomic mass is 10.0. The van der Waals surface area contributed by atoms with E-state index in [0.29, 0.717) is 24.3 Å². The van der Waals surface area contributed by atoms with Gasteiger partial charge in [0.2, 0.25) is 11.8 Å². The predicted molar refractivity (Wildman–Crippen MR) is 122 cm³/mol. The molecule has 6 N–H and O–H groups in total. The molecule has 0 saturated carbocycles. The number of hydrogen-bond acceptors (Lipinski definition) is 7. The van der Waals surface area contributed by atoms with Gasteiger partial charge in [-0.05, 0) is 29.7 Å². The van der Waals surface area contributed by atoms with Gasteiger partial charge in [0.15, 0.2) is 0 Å². The number of primary amides is 1. The molecule has 0 aliphatic carbocycles. The number of nitrogens with zero attached hydrogens (tertiary/aromatic N) is 1. The summed E-state index contributed by atoms with van der Waals surface area (Å²) in [6.07, 6.45) is 1.65. The van der Waals surface area contributed by atoms with E-state index in [4.69, 9.17) is 16.2 Å². The van der Waals surface area contributed by atoms with Gasteiger partial charge in [-0.2, -0.15) is 0 Å². The number of fused-ring (bicyclic) bond motifs is 1. The average Bonchev–Trinajstić information content (AvgIpc) is 3.15. The van der Waals surface area contributed by atoms with Crippen LogP contribution in [0.1, 0.15) is 39.9 Å². The zero-order valence-electron chi connectivity index (χ0n) is 18.4. The molecule has 10 nitrogen and oxygen atoms in total. The van der Waals surface area contributed by atoms with Gasteiger partial charge in [-0.1, -0.05) is 30.3 Å². The number of piperidine rings is 1. The second-order valence-electron chi connectivity index (χ2n) is 8.09. The fraction of sp³-hybridized carbons (Fsp3) is 0.250. The SMILES string of the molecule is N/C=C(\NCc1ccc(COc2cccc3c2CN(C2CCC(=O)NC2=O)C3=O)cc1)C(N)=O. The van der Waals surface area contributed by atoms with Crippen molar-refractivity contribution in [2.24, 2.45) is 11.5 Å². The molecule has 2 aliphatic heterocycles. The molecule has 0 radical (unpaired) electrons. The van der Waals surface area contributed by atoms with Crippen molar-refractivity contribution in [3.05, 3.63) is 76.6 Å². The van der Waals surface area contributed by atoms with Crippen molar-refractivity contribution in [3.8, 4) is 5.75 Å². The highest BCUT2D eigenvalue weighted by Crippen LogP contribution is 2.33. The Labute approximate surface area is 195 Å². The molecule has 34 heavy (non-hydrogen) atoms. The molecule has 2 aromatic carbocycles. The maximum atomic E-state index is 12.9. The van der Waals surface area contributed by atoms with Gasteiger partial charge in [-0.15, -0.1) is 0 Å². The van der Waals surface area contributed by atoms with E-state index in [9.17, 15) is 19.2 Å². The number of nitrogens with two attached hydrogens (primary N) is 2. The summed E-state index contributed by atoms with van der Waals surface area (Å²) in [5.74, 6) is -1.06. The summed E-state index contributed by atoms with van der Waals surface area (Å²) < 4.78 is 6.01. The van der Waals surface area contributed by atoms with E-state index in [1.54, 1.807) is 18.2 Å². The van der Waals surface area contributed by atoms with Crippen molar-refractivity contribution in [2.45, 2.75) is 38.6 Å². The van der Waals surface area contributed by atoms with Crippen molar-refractivity contribution >= 4 is 23.6 Å². The first-order valence-corrected chi connectivity index (χ1v) is 10.8. The van der Waals surface area contributed by atoms with E-state index in [1.807, 2.05) is 24.3 Å². The molecule has 1 saturated heterocycles. The zero-order chi connectivity index (χ0) is 24.2. The Morgan fingerprint density at radius 3 is 2.56 bits per heavy atom. The smallest absolute Gasteiger partial charge is 0.266 e. The van der Waals surface area contributed by atoms with Gasteiger partial charge in [0.1, 0.15) is 24.1 Å². The van der Waals surface area contributed by atoms with Crippen molar-refractivity contribution < 1.29 is 23.9 Å². The van der Waals surface area contributed by atoms with Crippen LogP contribution in [0.4, 0.5) is 0 Å². The first-order valence-electron chi connectivity index (χ1n) is 10.8. The van der Waals surface area contributed by atoms with Crippen LogP contribution in [0.25, 0.3) is 0 Å². The largest absolute Gasteiger partial charge is 0.489 e. The first-order chi connectivity index (χ1) is 16.4. The number of benzene rings is 2. The number of hydrogen-bond donors (Lipinski definition) is 4. The van der Waals surface area contributed by atoms with Crippen LogP contribution >= 0.6 is 0 Å². The van der Waals surface area contributed by atoms with Crippen LogP contribution in [-0.4, -0.2) is 34.6 Å². The van der Waals surface area contributed by atoms with Crippen LogP contribution in [0.5, 0.6) is 5.75 Å². The molecule has 2 heterocycles. The lowest BCUT2D eigenvalue weighted by Crippen LogP contribution is -2.52. The number of carbonyl (C=O) groups excluding carboxylic acids is 4. The molecule has 1 fully saturated rings. The molecular weight excluding hydrogens is 438 g/mol. The predicted octanol–water partition coefficient (Wildman–Crippen LogP) is 0.402. The van der Waals surface area contributed by atoms with Crippen molar-refractivity contribution in [1.82, 2.24) is 15.5 Å². The van der Waals surface area contributed by atoms with Crippen LogP contribution in [0.15, 0.2) is 54.4 Å². The molecule has 0 bridgehead atoms. The van der Waals surface area contributed by atoms with Gasteiger partial charge in [0.05, 0.1) is 6.54 Å². The monoisotopic (exact) mass is 463 g/mol. The quantitative estimate of drug-likeness (QED) is 0.326. The third-order valence-electron chi connectivity index (χ3n) is 5.87. The maximum absolute atomic E-state index is 12.9. The standard InChI is InChI=1S/C24H25N5O5/c25-10-18(22(26)31)27-11-14-4-6-15(7-5-14)13-34-20-3-1-2-16-17(20)12-29(24(16)33)19-8-9-21(30)28-23(19)32/h1-7,10,19,27H,8-9,11-13,25H2,(H2,26,31)(H,28,30,32)/b18-10-. The van der Waals surface area contributed by atoms with E-state index >= 15 is 0 Å². The van der Waals surface area contributed by atoms with Crippen molar-refractivity contribution in [3.63, 3.8) is 0 Å². The van der Waals surface area contributed by atoms with E-state index < -0.39 is 17.9 Å². The summed E-state index contributed by atoms with van der Waals surface area (Å²) in [4.78, 5) is 49.3. The van der Waals surface area contributed by atoms with Crippen LogP contribution in [0.2, 0.25) is 0 Å². The number of amides is 4. The molecule has 2 aliphatic rings. The summed E-state index contributed by atoms with van der Waals surface area (Å²) in [5.41, 5.74) is 13.8. The Kier molecular flexibility index (Phi) is 6.48. The zero-order valence-corrected chi connectivity index (χ0v) is 18.4. The minimum Gasteiger partial charge on any atom is -0.489 e. The van der Waals surface area contributed by atoms with Crippen LogP contribution in [0, 0.1) is 0 Å². The van der Waals surface area contributed by atoms with Crippen LogP contribution in [0.3, 0.4) is 0 Å². The normalized spacial score (nSPS) is 17.9. The van der Waals surface area contributed by atoms with Gasteiger partial charge in [-0.25, -0.2) is 0 Å². The van der Waals surface area contributed by atoms with Gasteiger partial charge < -0.3 is 26.4 Å².